The SMILES string of the molecule is CC(C)c1ccc(S(=O)(=O)N2CCN(S(=O)(=O)c3cc(Cl)ccc3Cl)CC2)cc1. The summed E-state index contributed by atoms with van der Waals surface area (Å²) in [6.45, 7) is 4.27. The maximum absolute atomic E-state index is 12.9. The predicted molar refractivity (Wildman–Crippen MR) is 115 cm³/mol. The summed E-state index contributed by atoms with van der Waals surface area (Å²) in [6.07, 6.45) is 0. The maximum atomic E-state index is 12.9. The average Bonchev–Trinajstić information content (AvgIpc) is 2.70. The van der Waals surface area contributed by atoms with Gasteiger partial charge < -0.3 is 0 Å². The minimum absolute atomic E-state index is 0.0362. The molecule has 0 aliphatic carbocycles. The van der Waals surface area contributed by atoms with E-state index in [-0.39, 0.29) is 46.0 Å². The molecule has 29 heavy (non-hydrogen) atoms. The van der Waals surface area contributed by atoms with Crippen LogP contribution in [0.3, 0.4) is 0 Å². The summed E-state index contributed by atoms with van der Waals surface area (Å²) >= 11 is 12.0. The van der Waals surface area contributed by atoms with Crippen molar-refractivity contribution in [3.05, 3.63) is 58.1 Å². The zero-order chi connectivity index (χ0) is 21.4. The zero-order valence-corrected chi connectivity index (χ0v) is 19.2. The minimum atomic E-state index is -3.87. The highest BCUT2D eigenvalue weighted by molar-refractivity contribution is 7.89. The van der Waals surface area contributed by atoms with Crippen LogP contribution in [-0.4, -0.2) is 51.6 Å². The number of hydrogen-bond donors (Lipinski definition) is 0. The Morgan fingerprint density at radius 1 is 0.793 bits per heavy atom. The number of piperazine rings is 1. The summed E-state index contributed by atoms with van der Waals surface area (Å²) in [4.78, 5) is 0.128. The van der Waals surface area contributed by atoms with Gasteiger partial charge in [0.1, 0.15) is 4.90 Å². The van der Waals surface area contributed by atoms with Gasteiger partial charge >= 0.3 is 0 Å². The Kier molecular flexibility index (Phi) is 6.62. The van der Waals surface area contributed by atoms with Gasteiger partial charge in [0, 0.05) is 31.2 Å². The highest BCUT2D eigenvalue weighted by Crippen LogP contribution is 2.29. The van der Waals surface area contributed by atoms with E-state index in [1.54, 1.807) is 24.3 Å². The molecule has 0 N–H and O–H groups in total. The Morgan fingerprint density at radius 2 is 1.31 bits per heavy atom. The monoisotopic (exact) mass is 476 g/mol. The third kappa shape index (κ3) is 4.62. The summed E-state index contributed by atoms with van der Waals surface area (Å²) in [5.41, 5.74) is 1.05. The van der Waals surface area contributed by atoms with Gasteiger partial charge in [0.05, 0.1) is 9.92 Å². The van der Waals surface area contributed by atoms with Gasteiger partial charge in [-0.1, -0.05) is 49.2 Å². The van der Waals surface area contributed by atoms with Crippen LogP contribution in [0.15, 0.2) is 52.3 Å². The molecule has 1 saturated heterocycles. The minimum Gasteiger partial charge on any atom is -0.207 e. The summed E-state index contributed by atoms with van der Waals surface area (Å²) < 4.78 is 54.2. The van der Waals surface area contributed by atoms with E-state index in [4.69, 9.17) is 23.2 Å². The molecule has 0 amide bonds. The van der Waals surface area contributed by atoms with E-state index >= 15 is 0 Å². The first-order valence-electron chi connectivity index (χ1n) is 9.09. The first-order chi connectivity index (χ1) is 13.5. The molecular weight excluding hydrogens is 455 g/mol. The van der Waals surface area contributed by atoms with Crippen LogP contribution in [0, 0.1) is 0 Å². The van der Waals surface area contributed by atoms with Crippen LogP contribution in [-0.2, 0) is 20.0 Å². The number of rotatable bonds is 5. The van der Waals surface area contributed by atoms with Gasteiger partial charge in [0.25, 0.3) is 0 Å². The molecule has 0 aromatic heterocycles. The Morgan fingerprint density at radius 3 is 1.83 bits per heavy atom. The topological polar surface area (TPSA) is 74.8 Å². The fourth-order valence-corrected chi connectivity index (χ4v) is 6.72. The Labute approximate surface area is 182 Å². The Balaban J connectivity index is 1.76. The van der Waals surface area contributed by atoms with Gasteiger partial charge in [0.2, 0.25) is 20.0 Å². The molecule has 10 heteroatoms. The van der Waals surface area contributed by atoms with Crippen LogP contribution in [0.5, 0.6) is 0 Å². The molecule has 1 aliphatic rings. The highest BCUT2D eigenvalue weighted by Gasteiger charge is 2.34. The predicted octanol–water partition coefficient (Wildman–Crippen LogP) is 3.81. The Bertz CT molecular complexity index is 1090. The second-order valence-corrected chi connectivity index (χ2v) is 11.8. The molecule has 0 saturated carbocycles. The van der Waals surface area contributed by atoms with E-state index in [1.807, 2.05) is 13.8 Å². The lowest BCUT2D eigenvalue weighted by Gasteiger charge is -2.33. The van der Waals surface area contributed by atoms with E-state index < -0.39 is 20.0 Å². The standard InChI is InChI=1S/C19H22Cl2N2O4S2/c1-14(2)15-3-6-17(7-4-15)28(24,25)22-9-11-23(12-10-22)29(26,27)19-13-16(20)5-8-18(19)21/h3-8,13-14H,9-12H2,1-2H3. The molecule has 0 unspecified atom stereocenters. The summed E-state index contributed by atoms with van der Waals surface area (Å²) in [5.74, 6) is 0.304. The van der Waals surface area contributed by atoms with Gasteiger partial charge in [-0.3, -0.25) is 0 Å². The van der Waals surface area contributed by atoms with Gasteiger partial charge in [-0.25, -0.2) is 16.8 Å². The highest BCUT2D eigenvalue weighted by atomic mass is 35.5. The molecule has 0 atom stereocenters. The quantitative estimate of drug-likeness (QED) is 0.657. The molecule has 0 bridgehead atoms. The summed E-state index contributed by atoms with van der Waals surface area (Å²) in [7, 11) is -7.56. The van der Waals surface area contributed by atoms with E-state index in [0.717, 1.165) is 5.56 Å². The van der Waals surface area contributed by atoms with Gasteiger partial charge in [0.15, 0.2) is 0 Å². The normalized spacial score (nSPS) is 17.0. The van der Waals surface area contributed by atoms with Gasteiger partial charge in [-0.15, -0.1) is 0 Å². The molecule has 1 heterocycles. The third-order valence-corrected chi connectivity index (χ3v) is 9.42. The zero-order valence-electron chi connectivity index (χ0n) is 16.0. The number of nitrogens with zero attached hydrogens (tertiary/aromatic N) is 2. The molecular formula is C19H22Cl2N2O4S2. The lowest BCUT2D eigenvalue weighted by Crippen LogP contribution is -2.50. The van der Waals surface area contributed by atoms with Crippen LogP contribution in [0.4, 0.5) is 0 Å². The fourth-order valence-electron chi connectivity index (χ4n) is 3.14. The van der Waals surface area contributed by atoms with E-state index in [1.165, 1.54) is 26.8 Å². The Hall–Kier alpha value is -1.16. The summed E-state index contributed by atoms with van der Waals surface area (Å²) in [5, 5.41) is 0.341. The average molecular weight is 477 g/mol. The number of halogens is 2. The van der Waals surface area contributed by atoms with Crippen LogP contribution in [0.2, 0.25) is 10.0 Å². The van der Waals surface area contributed by atoms with Crippen molar-refractivity contribution in [1.29, 1.82) is 0 Å². The van der Waals surface area contributed by atoms with E-state index in [9.17, 15) is 16.8 Å². The first-order valence-corrected chi connectivity index (χ1v) is 12.7. The van der Waals surface area contributed by atoms with Crippen molar-refractivity contribution in [2.45, 2.75) is 29.6 Å². The second kappa shape index (κ2) is 8.53. The van der Waals surface area contributed by atoms with Crippen molar-refractivity contribution in [3.8, 4) is 0 Å². The molecule has 2 aromatic rings. The largest absolute Gasteiger partial charge is 0.244 e. The molecule has 0 radical (unpaired) electrons. The van der Waals surface area contributed by atoms with Crippen molar-refractivity contribution in [2.24, 2.45) is 0 Å². The van der Waals surface area contributed by atoms with E-state index in [0.29, 0.717) is 5.92 Å². The van der Waals surface area contributed by atoms with Crippen molar-refractivity contribution < 1.29 is 16.8 Å². The van der Waals surface area contributed by atoms with Crippen LogP contribution >= 0.6 is 23.2 Å². The van der Waals surface area contributed by atoms with Crippen LogP contribution in [0.1, 0.15) is 25.3 Å². The smallest absolute Gasteiger partial charge is 0.207 e. The van der Waals surface area contributed by atoms with Crippen molar-refractivity contribution in [2.75, 3.05) is 26.2 Å². The molecule has 6 nitrogen and oxygen atoms in total. The molecule has 2 aromatic carbocycles. The van der Waals surface area contributed by atoms with Gasteiger partial charge in [-0.05, 0) is 41.8 Å². The number of benzene rings is 2. The second-order valence-electron chi connectivity index (χ2n) is 7.11. The number of sulfonamides is 2. The molecule has 158 valence electrons. The molecule has 1 aliphatic heterocycles. The third-order valence-electron chi connectivity index (χ3n) is 4.89. The summed E-state index contributed by atoms with van der Waals surface area (Å²) in [6, 6.07) is 11.0. The fraction of sp³-hybridized carbons (Fsp3) is 0.368. The molecule has 3 rings (SSSR count). The molecule has 0 spiro atoms. The molecule has 1 fully saturated rings. The van der Waals surface area contributed by atoms with E-state index in [2.05, 4.69) is 0 Å². The van der Waals surface area contributed by atoms with Crippen molar-refractivity contribution in [3.63, 3.8) is 0 Å². The maximum Gasteiger partial charge on any atom is 0.244 e. The van der Waals surface area contributed by atoms with Crippen LogP contribution in [0.25, 0.3) is 0 Å². The van der Waals surface area contributed by atoms with Crippen molar-refractivity contribution >= 4 is 43.2 Å². The first kappa shape index (κ1) is 22.5. The lowest BCUT2D eigenvalue weighted by molar-refractivity contribution is 0.273. The van der Waals surface area contributed by atoms with Gasteiger partial charge in [-0.2, -0.15) is 8.61 Å². The van der Waals surface area contributed by atoms with Crippen molar-refractivity contribution in [1.82, 2.24) is 8.61 Å². The lowest BCUT2D eigenvalue weighted by atomic mass is 10.0. The number of hydrogen-bond acceptors (Lipinski definition) is 4. The van der Waals surface area contributed by atoms with Crippen LogP contribution < -0.4 is 0 Å².